The molecule has 0 saturated carbocycles. The normalized spacial score (nSPS) is 15.0. The molecule has 2 aromatic heterocycles. The van der Waals surface area contributed by atoms with Crippen molar-refractivity contribution in [1.29, 1.82) is 0 Å². The summed E-state index contributed by atoms with van der Waals surface area (Å²) in [7, 11) is 0. The van der Waals surface area contributed by atoms with Crippen LogP contribution in [0.25, 0.3) is 22.6 Å². The molecule has 0 aliphatic carbocycles. The molecule has 1 saturated heterocycles. The molecule has 4 rings (SSSR count). The molecule has 3 aromatic rings. The second kappa shape index (κ2) is 7.67. The van der Waals surface area contributed by atoms with Crippen LogP contribution in [0.3, 0.4) is 0 Å². The Bertz CT molecular complexity index is 900. The number of nitrogens with one attached hydrogen (secondary N) is 1. The number of rotatable bonds is 4. The highest BCUT2D eigenvalue weighted by Crippen LogP contribution is 2.23. The van der Waals surface area contributed by atoms with Crippen molar-refractivity contribution in [2.45, 2.75) is 25.8 Å². The van der Waals surface area contributed by atoms with Gasteiger partial charge >= 0.3 is 6.03 Å². The summed E-state index contributed by atoms with van der Waals surface area (Å²) < 4.78 is 6.96. The fourth-order valence-corrected chi connectivity index (χ4v) is 3.37. The molecule has 3 heterocycles. The standard InChI is InChI=1S/C18H21N7O2/c1-2-25(15-6-8-27-9-7-15)18(26)24-11-16(19-12-24)13-4-3-5-14(10-13)17-20-22-23-21-17/h3-5,10-12,15H,2,6-9H2,1H3,(H,20,21,22,23). The zero-order valence-corrected chi connectivity index (χ0v) is 15.1. The van der Waals surface area contributed by atoms with Crippen LogP contribution in [0.2, 0.25) is 0 Å². The van der Waals surface area contributed by atoms with Gasteiger partial charge in [0.05, 0.1) is 5.69 Å². The molecule has 1 aliphatic heterocycles. The smallest absolute Gasteiger partial charge is 0.329 e. The minimum absolute atomic E-state index is 0.0579. The first-order valence-corrected chi connectivity index (χ1v) is 9.03. The number of hydrogen-bond donors (Lipinski definition) is 1. The molecule has 1 N–H and O–H groups in total. The van der Waals surface area contributed by atoms with E-state index in [0.717, 1.165) is 29.7 Å². The first-order chi connectivity index (χ1) is 13.3. The van der Waals surface area contributed by atoms with E-state index in [-0.39, 0.29) is 12.1 Å². The Morgan fingerprint density at radius 2 is 2.15 bits per heavy atom. The summed E-state index contributed by atoms with van der Waals surface area (Å²) in [5.74, 6) is 0.518. The van der Waals surface area contributed by atoms with E-state index >= 15 is 0 Å². The van der Waals surface area contributed by atoms with Gasteiger partial charge in [-0.1, -0.05) is 18.2 Å². The minimum atomic E-state index is -0.0579. The number of carbonyl (C=O) groups is 1. The van der Waals surface area contributed by atoms with Crippen molar-refractivity contribution in [1.82, 2.24) is 35.1 Å². The van der Waals surface area contributed by atoms with Gasteiger partial charge in [0.25, 0.3) is 0 Å². The quantitative estimate of drug-likeness (QED) is 0.758. The minimum Gasteiger partial charge on any atom is -0.381 e. The summed E-state index contributed by atoms with van der Waals surface area (Å²) in [5, 5.41) is 14.0. The summed E-state index contributed by atoms with van der Waals surface area (Å²) in [5.41, 5.74) is 2.44. The first-order valence-electron chi connectivity index (χ1n) is 9.03. The fraction of sp³-hybridized carbons (Fsp3) is 0.389. The number of amides is 1. The Kier molecular flexibility index (Phi) is 4.93. The van der Waals surface area contributed by atoms with Crippen LogP contribution in [0.4, 0.5) is 4.79 Å². The first kappa shape index (κ1) is 17.3. The predicted octanol–water partition coefficient (Wildman–Crippen LogP) is 2.20. The maximum absolute atomic E-state index is 12.9. The molecular formula is C18H21N7O2. The molecule has 1 amide bonds. The molecule has 0 unspecified atom stereocenters. The summed E-state index contributed by atoms with van der Waals surface area (Å²) in [6.45, 7) is 4.06. The number of nitrogens with zero attached hydrogens (tertiary/aromatic N) is 6. The highest BCUT2D eigenvalue weighted by Gasteiger charge is 2.25. The molecule has 0 atom stereocenters. The molecular weight excluding hydrogens is 346 g/mol. The third kappa shape index (κ3) is 3.59. The van der Waals surface area contributed by atoms with Gasteiger partial charge in [0.2, 0.25) is 5.82 Å². The van der Waals surface area contributed by atoms with E-state index in [0.29, 0.717) is 25.6 Å². The van der Waals surface area contributed by atoms with Crippen LogP contribution in [0, 0.1) is 0 Å². The number of benzene rings is 1. The molecule has 1 aromatic carbocycles. The van der Waals surface area contributed by atoms with E-state index in [9.17, 15) is 4.79 Å². The highest BCUT2D eigenvalue weighted by atomic mass is 16.5. The SMILES string of the molecule is CCN(C(=O)n1cnc(-c2cccc(-c3nn[nH]n3)c2)c1)C1CCOCC1. The van der Waals surface area contributed by atoms with Crippen LogP contribution in [-0.4, -0.2) is 66.9 Å². The fourth-order valence-electron chi connectivity index (χ4n) is 3.37. The molecule has 0 spiro atoms. The Hall–Kier alpha value is -3.07. The van der Waals surface area contributed by atoms with E-state index < -0.39 is 0 Å². The predicted molar refractivity (Wildman–Crippen MR) is 97.8 cm³/mol. The zero-order chi connectivity index (χ0) is 18.6. The van der Waals surface area contributed by atoms with Gasteiger partial charge in [-0.3, -0.25) is 4.57 Å². The average Bonchev–Trinajstić information content (AvgIpc) is 3.42. The lowest BCUT2D eigenvalue weighted by Crippen LogP contribution is -2.44. The number of hydrogen-bond acceptors (Lipinski definition) is 6. The lowest BCUT2D eigenvalue weighted by molar-refractivity contribution is 0.0475. The van der Waals surface area contributed by atoms with Crippen molar-refractivity contribution in [3.63, 3.8) is 0 Å². The highest BCUT2D eigenvalue weighted by molar-refractivity contribution is 5.78. The topological polar surface area (TPSA) is 102 Å². The van der Waals surface area contributed by atoms with Gasteiger partial charge in [-0.2, -0.15) is 5.21 Å². The number of aromatic amines is 1. The molecule has 1 fully saturated rings. The van der Waals surface area contributed by atoms with Gasteiger partial charge in [-0.15, -0.1) is 10.2 Å². The average molecular weight is 367 g/mol. The van der Waals surface area contributed by atoms with Crippen molar-refractivity contribution in [2.75, 3.05) is 19.8 Å². The summed E-state index contributed by atoms with van der Waals surface area (Å²) in [6, 6.07) is 7.83. The van der Waals surface area contributed by atoms with Gasteiger partial charge in [0.1, 0.15) is 6.33 Å². The second-order valence-electron chi connectivity index (χ2n) is 6.39. The van der Waals surface area contributed by atoms with Crippen LogP contribution in [0.15, 0.2) is 36.8 Å². The number of ether oxygens (including phenoxy) is 1. The van der Waals surface area contributed by atoms with E-state index in [1.54, 1.807) is 17.1 Å². The molecule has 140 valence electrons. The number of aromatic nitrogens is 6. The van der Waals surface area contributed by atoms with Crippen LogP contribution in [0.1, 0.15) is 19.8 Å². The van der Waals surface area contributed by atoms with Crippen LogP contribution < -0.4 is 0 Å². The maximum Gasteiger partial charge on any atom is 0.329 e. The molecule has 0 radical (unpaired) electrons. The van der Waals surface area contributed by atoms with Crippen molar-refractivity contribution in [3.05, 3.63) is 36.8 Å². The third-order valence-electron chi connectivity index (χ3n) is 4.78. The van der Waals surface area contributed by atoms with E-state index in [2.05, 4.69) is 25.6 Å². The van der Waals surface area contributed by atoms with Crippen LogP contribution >= 0.6 is 0 Å². The van der Waals surface area contributed by atoms with Gasteiger partial charge in [0, 0.05) is 43.1 Å². The Morgan fingerprint density at radius 1 is 1.33 bits per heavy atom. The summed E-state index contributed by atoms with van der Waals surface area (Å²) >= 11 is 0. The van der Waals surface area contributed by atoms with Gasteiger partial charge < -0.3 is 9.64 Å². The van der Waals surface area contributed by atoms with E-state index in [1.807, 2.05) is 36.1 Å². The molecule has 9 heteroatoms. The lowest BCUT2D eigenvalue weighted by Gasteiger charge is -2.33. The molecule has 9 nitrogen and oxygen atoms in total. The largest absolute Gasteiger partial charge is 0.381 e. The van der Waals surface area contributed by atoms with Crippen LogP contribution in [0.5, 0.6) is 0 Å². The summed E-state index contributed by atoms with van der Waals surface area (Å²) in [6.07, 6.45) is 5.07. The number of carbonyl (C=O) groups excluding carboxylic acids is 1. The Balaban J connectivity index is 1.56. The molecule has 27 heavy (non-hydrogen) atoms. The van der Waals surface area contributed by atoms with Crippen molar-refractivity contribution in [2.24, 2.45) is 0 Å². The molecule has 0 bridgehead atoms. The lowest BCUT2D eigenvalue weighted by atomic mass is 10.1. The van der Waals surface area contributed by atoms with E-state index in [1.165, 1.54) is 0 Å². The number of H-pyrrole nitrogens is 1. The van der Waals surface area contributed by atoms with Crippen LogP contribution in [-0.2, 0) is 4.74 Å². The second-order valence-corrected chi connectivity index (χ2v) is 6.39. The number of tetrazole rings is 1. The Labute approximate surface area is 156 Å². The monoisotopic (exact) mass is 367 g/mol. The maximum atomic E-state index is 12.9. The Morgan fingerprint density at radius 3 is 2.89 bits per heavy atom. The van der Waals surface area contributed by atoms with E-state index in [4.69, 9.17) is 4.74 Å². The van der Waals surface area contributed by atoms with Crippen molar-refractivity contribution >= 4 is 6.03 Å². The van der Waals surface area contributed by atoms with Crippen molar-refractivity contribution in [3.8, 4) is 22.6 Å². The summed E-state index contributed by atoms with van der Waals surface area (Å²) in [4.78, 5) is 19.3. The molecule has 1 aliphatic rings. The van der Waals surface area contributed by atoms with Gasteiger partial charge in [-0.25, -0.2) is 9.78 Å². The third-order valence-corrected chi connectivity index (χ3v) is 4.78. The zero-order valence-electron chi connectivity index (χ0n) is 15.1. The number of imidazole rings is 1. The van der Waals surface area contributed by atoms with Crippen molar-refractivity contribution < 1.29 is 9.53 Å². The van der Waals surface area contributed by atoms with Gasteiger partial charge in [0.15, 0.2) is 0 Å². The van der Waals surface area contributed by atoms with Gasteiger partial charge in [-0.05, 0) is 31.0 Å².